The van der Waals surface area contributed by atoms with Crippen molar-refractivity contribution in [3.63, 3.8) is 0 Å². The van der Waals surface area contributed by atoms with Crippen LogP contribution < -0.4 is 0 Å². The average Bonchev–Trinajstić information content (AvgIpc) is 3.15. The lowest BCUT2D eigenvalue weighted by molar-refractivity contribution is 0.185. The van der Waals surface area contributed by atoms with E-state index in [2.05, 4.69) is 27.6 Å². The highest BCUT2D eigenvalue weighted by atomic mass is 16.5. The highest BCUT2D eigenvalue weighted by molar-refractivity contribution is 5.71. The van der Waals surface area contributed by atoms with Crippen LogP contribution >= 0.6 is 0 Å². The maximum absolute atomic E-state index is 5.58. The van der Waals surface area contributed by atoms with E-state index in [-0.39, 0.29) is 0 Å². The summed E-state index contributed by atoms with van der Waals surface area (Å²) in [7, 11) is 2.19. The van der Waals surface area contributed by atoms with Gasteiger partial charge in [-0.2, -0.15) is 0 Å². The van der Waals surface area contributed by atoms with Gasteiger partial charge in [0.05, 0.1) is 18.7 Å². The number of hydrogen-bond donors (Lipinski definition) is 0. The summed E-state index contributed by atoms with van der Waals surface area (Å²) in [4.78, 5) is 11.9. The van der Waals surface area contributed by atoms with E-state index in [1.54, 1.807) is 0 Å². The smallest absolute Gasteiger partial charge is 0.160 e. The van der Waals surface area contributed by atoms with E-state index in [0.29, 0.717) is 12.1 Å². The molecule has 2 atom stereocenters. The molecule has 0 saturated carbocycles. The van der Waals surface area contributed by atoms with Gasteiger partial charge < -0.3 is 9.30 Å². The van der Waals surface area contributed by atoms with Crippen molar-refractivity contribution in [2.24, 2.45) is 0 Å². The first-order valence-corrected chi connectivity index (χ1v) is 7.45. The van der Waals surface area contributed by atoms with Crippen LogP contribution in [-0.2, 0) is 4.74 Å². The topological polar surface area (TPSA) is 43.2 Å². The molecule has 0 aliphatic carbocycles. The molecule has 4 heterocycles. The number of nitrogens with zero attached hydrogens (tertiary/aromatic N) is 4. The van der Waals surface area contributed by atoms with Crippen molar-refractivity contribution >= 4 is 11.2 Å². The van der Waals surface area contributed by atoms with Gasteiger partial charge in [-0.05, 0) is 45.0 Å². The van der Waals surface area contributed by atoms with Crippen LogP contribution in [0.1, 0.15) is 37.2 Å². The molecule has 0 spiro atoms. The zero-order valence-electron chi connectivity index (χ0n) is 11.8. The van der Waals surface area contributed by atoms with E-state index < -0.39 is 0 Å². The molecule has 2 aromatic rings. The van der Waals surface area contributed by atoms with Crippen molar-refractivity contribution in [1.82, 2.24) is 19.4 Å². The van der Waals surface area contributed by atoms with Gasteiger partial charge in [-0.25, -0.2) is 9.97 Å². The molecule has 2 aliphatic rings. The van der Waals surface area contributed by atoms with Crippen LogP contribution in [0.2, 0.25) is 0 Å². The maximum Gasteiger partial charge on any atom is 0.160 e. The van der Waals surface area contributed by atoms with Crippen LogP contribution in [0.4, 0.5) is 0 Å². The number of aromatic nitrogens is 3. The van der Waals surface area contributed by atoms with E-state index in [9.17, 15) is 0 Å². The van der Waals surface area contributed by atoms with E-state index in [4.69, 9.17) is 9.72 Å². The normalized spacial score (nSPS) is 27.6. The van der Waals surface area contributed by atoms with Gasteiger partial charge >= 0.3 is 0 Å². The predicted octanol–water partition coefficient (Wildman–Crippen LogP) is 2.16. The number of likely N-dealkylation sites (tertiary alicyclic amines) is 1. The van der Waals surface area contributed by atoms with Crippen molar-refractivity contribution in [2.75, 3.05) is 26.8 Å². The van der Waals surface area contributed by atoms with Crippen molar-refractivity contribution < 1.29 is 4.74 Å². The quantitative estimate of drug-likeness (QED) is 0.840. The molecule has 4 rings (SSSR count). The van der Waals surface area contributed by atoms with Gasteiger partial charge in [0.1, 0.15) is 11.3 Å². The minimum Gasteiger partial charge on any atom is -0.379 e. The Hall–Kier alpha value is -1.46. The molecule has 0 aromatic carbocycles. The third-order valence-corrected chi connectivity index (χ3v) is 4.57. The largest absolute Gasteiger partial charge is 0.379 e. The molecule has 2 aromatic heterocycles. The fourth-order valence-electron chi connectivity index (χ4n) is 3.50. The van der Waals surface area contributed by atoms with Gasteiger partial charge in [-0.15, -0.1) is 0 Å². The van der Waals surface area contributed by atoms with Crippen LogP contribution in [0.5, 0.6) is 0 Å². The van der Waals surface area contributed by atoms with Gasteiger partial charge in [-0.3, -0.25) is 4.90 Å². The molecule has 0 bridgehead atoms. The van der Waals surface area contributed by atoms with Gasteiger partial charge in [-0.1, -0.05) is 0 Å². The zero-order valence-corrected chi connectivity index (χ0v) is 11.8. The molecule has 0 amide bonds. The summed E-state index contributed by atoms with van der Waals surface area (Å²) < 4.78 is 7.93. The summed E-state index contributed by atoms with van der Waals surface area (Å²) in [5.41, 5.74) is 2.02. The third kappa shape index (κ3) is 1.84. The second-order valence-corrected chi connectivity index (χ2v) is 5.84. The zero-order chi connectivity index (χ0) is 13.5. The van der Waals surface area contributed by atoms with Crippen LogP contribution in [0, 0.1) is 0 Å². The molecule has 5 nitrogen and oxygen atoms in total. The Bertz CT molecular complexity index is 617. The summed E-state index contributed by atoms with van der Waals surface area (Å²) in [5.74, 6) is 1.18. The molecular formula is C15H20N4O. The lowest BCUT2D eigenvalue weighted by Gasteiger charge is -2.22. The van der Waals surface area contributed by atoms with Gasteiger partial charge in [0.2, 0.25) is 0 Å². The molecule has 2 saturated heterocycles. The van der Waals surface area contributed by atoms with Gasteiger partial charge in [0.25, 0.3) is 0 Å². The Balaban J connectivity index is 1.87. The first-order valence-electron chi connectivity index (χ1n) is 7.45. The molecule has 0 N–H and O–H groups in total. The fraction of sp³-hybridized carbons (Fsp3) is 0.600. The Labute approximate surface area is 118 Å². The monoisotopic (exact) mass is 272 g/mol. The minimum atomic E-state index is 0.388. The number of rotatable bonds is 2. The van der Waals surface area contributed by atoms with E-state index in [0.717, 1.165) is 37.3 Å². The molecule has 2 aliphatic heterocycles. The van der Waals surface area contributed by atoms with Crippen molar-refractivity contribution in [1.29, 1.82) is 0 Å². The summed E-state index contributed by atoms with van der Waals surface area (Å²) >= 11 is 0. The number of pyridine rings is 1. The first kappa shape index (κ1) is 12.3. The van der Waals surface area contributed by atoms with Crippen LogP contribution in [0.25, 0.3) is 11.2 Å². The highest BCUT2D eigenvalue weighted by Crippen LogP contribution is 2.35. The second kappa shape index (κ2) is 4.82. The Morgan fingerprint density at radius 3 is 3.05 bits per heavy atom. The molecule has 5 heteroatoms. The highest BCUT2D eigenvalue weighted by Gasteiger charge is 2.31. The summed E-state index contributed by atoms with van der Waals surface area (Å²) in [6, 6.07) is 4.84. The lowest BCUT2D eigenvalue weighted by atomic mass is 10.2. The van der Waals surface area contributed by atoms with Gasteiger partial charge in [0, 0.05) is 12.8 Å². The average molecular weight is 272 g/mol. The minimum absolute atomic E-state index is 0.388. The predicted molar refractivity (Wildman–Crippen MR) is 76.6 cm³/mol. The van der Waals surface area contributed by atoms with Crippen molar-refractivity contribution in [2.45, 2.75) is 31.3 Å². The van der Waals surface area contributed by atoms with E-state index >= 15 is 0 Å². The number of hydrogen-bond acceptors (Lipinski definition) is 4. The molecule has 2 unspecified atom stereocenters. The van der Waals surface area contributed by atoms with Gasteiger partial charge in [0.15, 0.2) is 5.65 Å². The SMILES string of the molecule is CN1CCCC1c1nc2cccnc2n1C1CCOC1. The maximum atomic E-state index is 5.58. The standard InChI is InChI=1S/C15H20N4O/c1-18-8-3-5-13(18)15-17-12-4-2-7-16-14(12)19(15)11-6-9-20-10-11/h2,4,7,11,13H,3,5-6,8-10H2,1H3. The van der Waals surface area contributed by atoms with Crippen molar-refractivity contribution in [3.05, 3.63) is 24.2 Å². The first-order chi connectivity index (χ1) is 9.84. The van der Waals surface area contributed by atoms with Crippen molar-refractivity contribution in [3.8, 4) is 0 Å². The van der Waals surface area contributed by atoms with Crippen LogP contribution in [0.15, 0.2) is 18.3 Å². The number of imidazole rings is 1. The summed E-state index contributed by atoms with van der Waals surface area (Å²) in [5, 5.41) is 0. The molecule has 2 fully saturated rings. The van der Waals surface area contributed by atoms with Crippen LogP contribution in [0.3, 0.4) is 0 Å². The fourth-order valence-corrected chi connectivity index (χ4v) is 3.50. The van der Waals surface area contributed by atoms with E-state index in [1.807, 2.05) is 12.3 Å². The second-order valence-electron chi connectivity index (χ2n) is 5.84. The summed E-state index contributed by atoms with van der Waals surface area (Å²) in [6.07, 6.45) is 5.36. The summed E-state index contributed by atoms with van der Waals surface area (Å²) in [6.45, 7) is 2.78. The number of ether oxygens (including phenoxy) is 1. The molecule has 20 heavy (non-hydrogen) atoms. The Morgan fingerprint density at radius 2 is 2.30 bits per heavy atom. The third-order valence-electron chi connectivity index (χ3n) is 4.57. The lowest BCUT2D eigenvalue weighted by Crippen LogP contribution is -2.23. The number of fused-ring (bicyclic) bond motifs is 1. The van der Waals surface area contributed by atoms with E-state index in [1.165, 1.54) is 18.7 Å². The molecule has 0 radical (unpaired) electrons. The Morgan fingerprint density at radius 1 is 1.35 bits per heavy atom. The molecule has 106 valence electrons. The Kier molecular flexibility index (Phi) is 2.97. The van der Waals surface area contributed by atoms with Crippen LogP contribution in [-0.4, -0.2) is 46.2 Å². The molecular weight excluding hydrogens is 252 g/mol.